The Balaban J connectivity index is 2.32. The zero-order valence-electron chi connectivity index (χ0n) is 10.9. The number of nitrogens with zero attached hydrogens (tertiary/aromatic N) is 1. The number of hydrogen-bond acceptors (Lipinski definition) is 2. The van der Waals surface area contributed by atoms with Crippen molar-refractivity contribution in [3.05, 3.63) is 28.8 Å². The van der Waals surface area contributed by atoms with Crippen LogP contribution in [0.1, 0.15) is 31.2 Å². The Morgan fingerprint density at radius 3 is 2.48 bits per heavy atom. The number of halogens is 4. The van der Waals surface area contributed by atoms with Crippen molar-refractivity contribution in [2.24, 2.45) is 5.41 Å². The summed E-state index contributed by atoms with van der Waals surface area (Å²) >= 11 is 5.58. The first kappa shape index (κ1) is 15.6. The first-order chi connectivity index (χ1) is 9.78. The van der Waals surface area contributed by atoms with Gasteiger partial charge in [0.2, 0.25) is 5.91 Å². The fourth-order valence-electron chi connectivity index (χ4n) is 2.47. The van der Waals surface area contributed by atoms with Crippen LogP contribution in [0.25, 0.3) is 0 Å². The van der Waals surface area contributed by atoms with Gasteiger partial charge in [-0.1, -0.05) is 24.4 Å². The van der Waals surface area contributed by atoms with Gasteiger partial charge in [0.1, 0.15) is 5.41 Å². The average molecular weight is 317 g/mol. The first-order valence-corrected chi connectivity index (χ1v) is 6.76. The lowest BCUT2D eigenvalue weighted by Gasteiger charge is -2.21. The molecule has 0 unspecified atom stereocenters. The third-order valence-electron chi connectivity index (χ3n) is 3.64. The molecular formula is C14H12ClF3N2O. The van der Waals surface area contributed by atoms with Gasteiger partial charge >= 0.3 is 6.18 Å². The quantitative estimate of drug-likeness (QED) is 0.880. The summed E-state index contributed by atoms with van der Waals surface area (Å²) in [6.07, 6.45) is -2.47. The van der Waals surface area contributed by atoms with Crippen molar-refractivity contribution < 1.29 is 18.0 Å². The van der Waals surface area contributed by atoms with E-state index in [-0.39, 0.29) is 10.7 Å². The van der Waals surface area contributed by atoms with E-state index >= 15 is 0 Å². The van der Waals surface area contributed by atoms with Crippen molar-refractivity contribution in [3.8, 4) is 6.07 Å². The van der Waals surface area contributed by atoms with Gasteiger partial charge in [-0.2, -0.15) is 18.4 Å². The molecule has 3 nitrogen and oxygen atoms in total. The minimum Gasteiger partial charge on any atom is -0.324 e. The highest BCUT2D eigenvalue weighted by molar-refractivity contribution is 6.30. The van der Waals surface area contributed by atoms with Crippen LogP contribution in [0, 0.1) is 16.7 Å². The zero-order chi connectivity index (χ0) is 15.7. The van der Waals surface area contributed by atoms with Crippen LogP contribution in [0.15, 0.2) is 18.2 Å². The summed E-state index contributed by atoms with van der Waals surface area (Å²) in [5, 5.41) is 11.3. The summed E-state index contributed by atoms with van der Waals surface area (Å²) < 4.78 is 38.9. The Morgan fingerprint density at radius 1 is 1.33 bits per heavy atom. The minimum absolute atomic E-state index is 0.0730. The lowest BCUT2D eigenvalue weighted by molar-refractivity contribution is -0.137. The lowest BCUT2D eigenvalue weighted by Crippen LogP contribution is -2.33. The van der Waals surface area contributed by atoms with Gasteiger partial charge < -0.3 is 5.32 Å². The second-order valence-corrected chi connectivity index (χ2v) is 5.48. The maximum Gasteiger partial charge on any atom is 0.418 e. The molecule has 21 heavy (non-hydrogen) atoms. The van der Waals surface area contributed by atoms with Gasteiger partial charge in [-0.3, -0.25) is 4.79 Å². The van der Waals surface area contributed by atoms with E-state index in [2.05, 4.69) is 5.32 Å². The van der Waals surface area contributed by atoms with Crippen LogP contribution in [0.3, 0.4) is 0 Å². The van der Waals surface area contributed by atoms with Crippen molar-refractivity contribution in [3.63, 3.8) is 0 Å². The van der Waals surface area contributed by atoms with E-state index in [9.17, 15) is 23.2 Å². The van der Waals surface area contributed by atoms with Crippen LogP contribution in [-0.2, 0) is 11.0 Å². The van der Waals surface area contributed by atoms with Crippen LogP contribution in [0.2, 0.25) is 5.02 Å². The van der Waals surface area contributed by atoms with Crippen LogP contribution in [0.5, 0.6) is 0 Å². The molecule has 0 atom stereocenters. The van der Waals surface area contributed by atoms with Crippen molar-refractivity contribution in [1.29, 1.82) is 5.26 Å². The molecule has 1 aromatic rings. The number of nitrogens with one attached hydrogen (secondary N) is 1. The molecule has 1 saturated carbocycles. The van der Waals surface area contributed by atoms with Gasteiger partial charge in [0.05, 0.1) is 17.3 Å². The van der Waals surface area contributed by atoms with Gasteiger partial charge in [0.25, 0.3) is 0 Å². The molecule has 0 aliphatic heterocycles. The predicted molar refractivity (Wildman–Crippen MR) is 71.6 cm³/mol. The SMILES string of the molecule is N#CC1(C(=O)Nc2ccc(Cl)cc2C(F)(F)F)CCCC1. The van der Waals surface area contributed by atoms with E-state index in [1.807, 2.05) is 6.07 Å². The molecule has 7 heteroatoms. The van der Waals surface area contributed by atoms with Crippen molar-refractivity contribution in [2.75, 3.05) is 5.32 Å². The molecule has 1 fully saturated rings. The molecule has 1 amide bonds. The summed E-state index contributed by atoms with van der Waals surface area (Å²) in [6.45, 7) is 0. The largest absolute Gasteiger partial charge is 0.418 e. The summed E-state index contributed by atoms with van der Waals surface area (Å²) in [5.41, 5.74) is -2.63. The van der Waals surface area contributed by atoms with Crippen LogP contribution in [-0.4, -0.2) is 5.91 Å². The monoisotopic (exact) mass is 316 g/mol. The van der Waals surface area contributed by atoms with Crippen molar-refractivity contribution in [1.82, 2.24) is 0 Å². The number of rotatable bonds is 2. The van der Waals surface area contributed by atoms with Gasteiger partial charge in [0, 0.05) is 5.02 Å². The standard InChI is InChI=1S/C14H12ClF3N2O/c15-9-3-4-11(10(7-9)14(16,17)18)20-12(21)13(8-19)5-1-2-6-13/h3-4,7H,1-2,5-6H2,(H,20,21). The molecule has 0 spiro atoms. The van der Waals surface area contributed by atoms with Gasteiger partial charge in [-0.25, -0.2) is 0 Å². The molecule has 1 N–H and O–H groups in total. The van der Waals surface area contributed by atoms with Crippen LogP contribution >= 0.6 is 11.6 Å². The Morgan fingerprint density at radius 2 is 1.95 bits per heavy atom. The molecule has 0 aromatic heterocycles. The number of anilines is 1. The number of benzene rings is 1. The molecule has 0 heterocycles. The fourth-order valence-corrected chi connectivity index (χ4v) is 2.64. The minimum atomic E-state index is -4.64. The Hall–Kier alpha value is -1.74. The molecule has 0 radical (unpaired) electrons. The molecule has 1 aliphatic carbocycles. The highest BCUT2D eigenvalue weighted by atomic mass is 35.5. The first-order valence-electron chi connectivity index (χ1n) is 6.38. The highest BCUT2D eigenvalue weighted by Gasteiger charge is 2.42. The second kappa shape index (κ2) is 5.57. The molecule has 1 aliphatic rings. The molecule has 2 rings (SSSR count). The molecule has 0 saturated heterocycles. The topological polar surface area (TPSA) is 52.9 Å². The summed E-state index contributed by atoms with van der Waals surface area (Å²) in [5.74, 6) is -0.685. The average Bonchev–Trinajstić information content (AvgIpc) is 2.89. The number of hydrogen-bond donors (Lipinski definition) is 1. The number of alkyl halides is 3. The maximum absolute atomic E-state index is 13.0. The summed E-state index contributed by atoms with van der Waals surface area (Å²) in [6, 6.07) is 5.07. The van der Waals surface area contributed by atoms with E-state index in [4.69, 9.17) is 11.6 Å². The summed E-state index contributed by atoms with van der Waals surface area (Å²) in [4.78, 5) is 12.2. The van der Waals surface area contributed by atoms with Crippen LogP contribution < -0.4 is 5.32 Å². The van der Waals surface area contributed by atoms with Crippen molar-refractivity contribution in [2.45, 2.75) is 31.9 Å². The Labute approximate surface area is 124 Å². The van der Waals surface area contributed by atoms with E-state index in [1.165, 1.54) is 6.07 Å². The van der Waals surface area contributed by atoms with Gasteiger partial charge in [0.15, 0.2) is 0 Å². The lowest BCUT2D eigenvalue weighted by atomic mass is 9.87. The van der Waals surface area contributed by atoms with E-state index in [0.717, 1.165) is 12.1 Å². The smallest absolute Gasteiger partial charge is 0.324 e. The normalized spacial score (nSPS) is 17.3. The molecule has 112 valence electrons. The van der Waals surface area contributed by atoms with E-state index < -0.39 is 23.1 Å². The number of carbonyl (C=O) groups is 1. The number of amides is 1. The third kappa shape index (κ3) is 3.13. The number of nitriles is 1. The van der Waals surface area contributed by atoms with Gasteiger partial charge in [-0.05, 0) is 31.0 Å². The van der Waals surface area contributed by atoms with E-state index in [1.54, 1.807) is 0 Å². The summed E-state index contributed by atoms with van der Waals surface area (Å²) in [7, 11) is 0. The van der Waals surface area contributed by atoms with Gasteiger partial charge in [-0.15, -0.1) is 0 Å². The number of carbonyl (C=O) groups excluding carboxylic acids is 1. The fraction of sp³-hybridized carbons (Fsp3) is 0.429. The zero-order valence-corrected chi connectivity index (χ0v) is 11.7. The molecule has 1 aromatic carbocycles. The second-order valence-electron chi connectivity index (χ2n) is 5.04. The molecular weight excluding hydrogens is 305 g/mol. The van der Waals surface area contributed by atoms with E-state index in [0.29, 0.717) is 25.7 Å². The maximum atomic E-state index is 13.0. The Kier molecular flexibility index (Phi) is 4.15. The van der Waals surface area contributed by atoms with Crippen molar-refractivity contribution >= 4 is 23.2 Å². The third-order valence-corrected chi connectivity index (χ3v) is 3.88. The van der Waals surface area contributed by atoms with Crippen LogP contribution in [0.4, 0.5) is 18.9 Å². The highest BCUT2D eigenvalue weighted by Crippen LogP contribution is 2.41. The molecule has 0 bridgehead atoms. The Bertz CT molecular complexity index is 601. The predicted octanol–water partition coefficient (Wildman–Crippen LogP) is 4.38.